The van der Waals surface area contributed by atoms with Crippen molar-refractivity contribution >= 4 is 32.7 Å². The molecule has 45 heavy (non-hydrogen) atoms. The van der Waals surface area contributed by atoms with Crippen LogP contribution in [0.15, 0.2) is 133 Å². The first kappa shape index (κ1) is 26.7. The first-order chi connectivity index (χ1) is 22.0. The van der Waals surface area contributed by atoms with Crippen molar-refractivity contribution in [2.24, 2.45) is 0 Å². The van der Waals surface area contributed by atoms with E-state index in [-0.39, 0.29) is 5.75 Å². The van der Waals surface area contributed by atoms with Crippen LogP contribution in [-0.2, 0) is 0 Å². The summed E-state index contributed by atoms with van der Waals surface area (Å²) in [5, 5.41) is 13.7. The van der Waals surface area contributed by atoms with Crippen LogP contribution in [0.4, 0.5) is 0 Å². The summed E-state index contributed by atoms with van der Waals surface area (Å²) in [6.07, 6.45) is 0. The van der Waals surface area contributed by atoms with Crippen LogP contribution in [0.3, 0.4) is 0 Å². The average molecular weight is 584 g/mol. The van der Waals surface area contributed by atoms with E-state index in [0.29, 0.717) is 17.1 Å². The number of phenols is 1. The van der Waals surface area contributed by atoms with Gasteiger partial charge in [-0.1, -0.05) is 84.9 Å². The third-order valence-electron chi connectivity index (χ3n) is 8.41. The highest BCUT2D eigenvalue weighted by Gasteiger charge is 2.17. The highest BCUT2D eigenvalue weighted by Crippen LogP contribution is 2.38. The fraction of sp³-hybridized carbons (Fsp3) is 0.0500. The second-order valence-corrected chi connectivity index (χ2v) is 11.4. The molecule has 0 aliphatic heterocycles. The van der Waals surface area contributed by atoms with E-state index in [2.05, 4.69) is 83.4 Å². The summed E-state index contributed by atoms with van der Waals surface area (Å²) < 4.78 is 8.60. The molecule has 3 aromatic heterocycles. The number of aryl methyl sites for hydroxylation is 2. The molecule has 3 heterocycles. The van der Waals surface area contributed by atoms with Gasteiger partial charge in [-0.25, -0.2) is 9.97 Å². The van der Waals surface area contributed by atoms with E-state index < -0.39 is 0 Å². The molecule has 5 aromatic carbocycles. The first-order valence-corrected chi connectivity index (χ1v) is 15.0. The lowest BCUT2D eigenvalue weighted by molar-refractivity contribution is 0.460. The van der Waals surface area contributed by atoms with E-state index in [9.17, 15) is 5.11 Å². The van der Waals surface area contributed by atoms with Crippen molar-refractivity contribution in [1.82, 2.24) is 14.5 Å². The summed E-state index contributed by atoms with van der Waals surface area (Å²) in [4.78, 5) is 9.93. The largest absolute Gasteiger partial charge is 0.506 e. The Bertz CT molecular complexity index is 2320. The number of aromatic hydroxyl groups is 1. The van der Waals surface area contributed by atoms with Crippen LogP contribution in [0.25, 0.3) is 60.9 Å². The van der Waals surface area contributed by atoms with Crippen molar-refractivity contribution in [3.8, 4) is 45.6 Å². The lowest BCUT2D eigenvalue weighted by Crippen LogP contribution is -2.00. The Morgan fingerprint density at radius 3 is 2.09 bits per heavy atom. The number of para-hydroxylation sites is 1. The molecule has 0 spiro atoms. The van der Waals surface area contributed by atoms with Gasteiger partial charge in [-0.15, -0.1) is 0 Å². The van der Waals surface area contributed by atoms with Gasteiger partial charge in [0, 0.05) is 33.9 Å². The zero-order valence-electron chi connectivity index (χ0n) is 24.9. The molecule has 1 N–H and O–H groups in total. The molecular weight excluding hydrogens is 554 g/mol. The Morgan fingerprint density at radius 1 is 0.578 bits per heavy atom. The quantitative estimate of drug-likeness (QED) is 0.219. The number of ether oxygens (including phenoxy) is 1. The number of pyridine rings is 2. The SMILES string of the molecule is Cc1ccc(O)c2nc(Oc3ccc4c5ccccc5n(-c5cc(-c6ccccc6)cc(-c6ccccc6)n5)c4c3)cc(C)c12. The number of hydrogen-bond acceptors (Lipinski definition) is 4. The van der Waals surface area contributed by atoms with Crippen LogP contribution in [0.1, 0.15) is 11.1 Å². The minimum absolute atomic E-state index is 0.137. The van der Waals surface area contributed by atoms with Gasteiger partial charge in [-0.05, 0) is 72.5 Å². The molecule has 0 atom stereocenters. The lowest BCUT2D eigenvalue weighted by Gasteiger charge is -2.14. The molecule has 8 aromatic rings. The molecule has 216 valence electrons. The topological polar surface area (TPSA) is 60.2 Å². The minimum Gasteiger partial charge on any atom is -0.506 e. The maximum absolute atomic E-state index is 10.6. The third kappa shape index (κ3) is 4.66. The Kier molecular flexibility index (Phi) is 6.31. The number of phenolic OH excluding ortho intramolecular Hbond substituents is 1. The van der Waals surface area contributed by atoms with Gasteiger partial charge in [0.15, 0.2) is 0 Å². The van der Waals surface area contributed by atoms with E-state index in [4.69, 9.17) is 14.7 Å². The maximum atomic E-state index is 10.6. The molecule has 0 aliphatic carbocycles. The second kappa shape index (κ2) is 10.6. The lowest BCUT2D eigenvalue weighted by atomic mass is 10.0. The van der Waals surface area contributed by atoms with Gasteiger partial charge in [0.05, 0.1) is 16.7 Å². The van der Waals surface area contributed by atoms with Crippen molar-refractivity contribution in [2.75, 3.05) is 0 Å². The van der Waals surface area contributed by atoms with E-state index in [1.54, 1.807) is 6.07 Å². The zero-order valence-corrected chi connectivity index (χ0v) is 24.9. The number of nitrogens with zero attached hydrogens (tertiary/aromatic N) is 3. The standard InChI is InChI=1S/C40H29N3O2/c1-25-17-20-36(44)40-39(25)26(2)21-38(42-40)45-30-18-19-32-31-15-9-10-16-34(31)43(35(32)24-30)37-23-29(27-11-5-3-6-12-27)22-33(41-37)28-13-7-4-8-14-28/h3-24,44H,1-2H3. The Balaban J connectivity index is 1.33. The predicted molar refractivity (Wildman–Crippen MR) is 182 cm³/mol. The third-order valence-corrected chi connectivity index (χ3v) is 8.41. The molecular formula is C40H29N3O2. The van der Waals surface area contributed by atoms with Crippen LogP contribution in [0.2, 0.25) is 0 Å². The highest BCUT2D eigenvalue weighted by molar-refractivity contribution is 6.09. The molecule has 0 unspecified atom stereocenters. The molecule has 0 aliphatic rings. The molecule has 8 rings (SSSR count). The molecule has 5 nitrogen and oxygen atoms in total. The normalized spacial score (nSPS) is 11.4. The molecule has 0 amide bonds. The summed E-state index contributed by atoms with van der Waals surface area (Å²) in [6, 6.07) is 45.0. The van der Waals surface area contributed by atoms with Gasteiger partial charge in [0.2, 0.25) is 5.88 Å². The van der Waals surface area contributed by atoms with Gasteiger partial charge in [0.1, 0.15) is 22.8 Å². The fourth-order valence-corrected chi connectivity index (χ4v) is 6.31. The van der Waals surface area contributed by atoms with Crippen molar-refractivity contribution < 1.29 is 9.84 Å². The molecule has 0 bridgehead atoms. The van der Waals surface area contributed by atoms with Crippen molar-refractivity contribution in [2.45, 2.75) is 13.8 Å². The molecule has 0 radical (unpaired) electrons. The molecule has 0 saturated carbocycles. The summed E-state index contributed by atoms with van der Waals surface area (Å²) >= 11 is 0. The molecule has 5 heteroatoms. The van der Waals surface area contributed by atoms with Crippen LogP contribution >= 0.6 is 0 Å². The summed E-state index contributed by atoms with van der Waals surface area (Å²) in [7, 11) is 0. The minimum atomic E-state index is 0.137. The second-order valence-electron chi connectivity index (χ2n) is 11.4. The van der Waals surface area contributed by atoms with Crippen molar-refractivity contribution in [1.29, 1.82) is 0 Å². The van der Waals surface area contributed by atoms with Gasteiger partial charge in [0.25, 0.3) is 0 Å². The van der Waals surface area contributed by atoms with Gasteiger partial charge in [-0.2, -0.15) is 0 Å². The van der Waals surface area contributed by atoms with Gasteiger partial charge in [-0.3, -0.25) is 4.57 Å². The number of aromatic nitrogens is 3. The van der Waals surface area contributed by atoms with Crippen LogP contribution < -0.4 is 4.74 Å². The summed E-state index contributed by atoms with van der Waals surface area (Å²) in [6.45, 7) is 4.04. The number of rotatable bonds is 5. The summed E-state index contributed by atoms with van der Waals surface area (Å²) in [5.41, 5.74) is 8.79. The predicted octanol–water partition coefficient (Wildman–Crippen LogP) is 10.2. The number of fused-ring (bicyclic) bond motifs is 4. The number of benzene rings is 5. The molecule has 0 fully saturated rings. The maximum Gasteiger partial charge on any atom is 0.220 e. The Labute approximate surface area is 260 Å². The van der Waals surface area contributed by atoms with Crippen LogP contribution in [0.5, 0.6) is 17.4 Å². The first-order valence-electron chi connectivity index (χ1n) is 15.0. The molecule has 0 saturated heterocycles. The van der Waals surface area contributed by atoms with Crippen LogP contribution in [0, 0.1) is 13.8 Å². The average Bonchev–Trinajstić information content (AvgIpc) is 3.40. The Hall–Kier alpha value is -5.94. The van der Waals surface area contributed by atoms with Crippen molar-refractivity contribution in [3.63, 3.8) is 0 Å². The monoisotopic (exact) mass is 583 g/mol. The Morgan fingerprint density at radius 2 is 1.29 bits per heavy atom. The van der Waals surface area contributed by atoms with E-state index in [0.717, 1.165) is 66.5 Å². The van der Waals surface area contributed by atoms with Gasteiger partial charge < -0.3 is 9.84 Å². The van der Waals surface area contributed by atoms with Gasteiger partial charge >= 0.3 is 0 Å². The fourth-order valence-electron chi connectivity index (χ4n) is 6.31. The van der Waals surface area contributed by atoms with E-state index in [1.165, 1.54) is 0 Å². The number of hydrogen-bond donors (Lipinski definition) is 1. The van der Waals surface area contributed by atoms with Crippen LogP contribution in [-0.4, -0.2) is 19.6 Å². The van der Waals surface area contributed by atoms with E-state index >= 15 is 0 Å². The van der Waals surface area contributed by atoms with E-state index in [1.807, 2.05) is 62.4 Å². The smallest absolute Gasteiger partial charge is 0.220 e. The zero-order chi connectivity index (χ0) is 30.5. The van der Waals surface area contributed by atoms with Crippen molar-refractivity contribution in [3.05, 3.63) is 145 Å². The highest BCUT2D eigenvalue weighted by atomic mass is 16.5. The summed E-state index contributed by atoms with van der Waals surface area (Å²) in [5.74, 6) is 2.03.